The number of nitrogens with zero attached hydrogens (tertiary/aromatic N) is 2. The average Bonchev–Trinajstić information content (AvgIpc) is 2.37. The molecule has 0 aromatic heterocycles. The molecule has 1 aliphatic heterocycles. The lowest BCUT2D eigenvalue weighted by molar-refractivity contribution is -0.138. The van der Waals surface area contributed by atoms with Crippen molar-refractivity contribution in [3.63, 3.8) is 0 Å². The molecule has 1 heterocycles. The zero-order valence-corrected chi connectivity index (χ0v) is 10.8. The first kappa shape index (κ1) is 14.8. The fourth-order valence-corrected chi connectivity index (χ4v) is 2.22. The highest BCUT2D eigenvalue weighted by molar-refractivity contribution is 5.69. The molecule has 1 N–H and O–H groups in total. The molecule has 1 aromatic carbocycles. The Hall–Kier alpha value is -1.60. The van der Waals surface area contributed by atoms with Crippen LogP contribution >= 0.6 is 0 Å². The number of carbonyl (C=O) groups is 1. The third kappa shape index (κ3) is 3.71. The molecule has 0 radical (unpaired) electrons. The number of piperazine rings is 1. The maximum Gasteiger partial charge on any atom is 0.317 e. The summed E-state index contributed by atoms with van der Waals surface area (Å²) >= 11 is 0. The number of aliphatic carboxylic acids is 1. The standard InChI is InChI=1S/C13H15F3N2O2/c14-10-6-12(16)11(15)5-9(10)7-17-1-3-18(4-2-17)8-13(19)20/h5-6H,1-4,7-8H2,(H,19,20). The summed E-state index contributed by atoms with van der Waals surface area (Å²) in [5.41, 5.74) is 0.107. The molecule has 0 aliphatic carbocycles. The van der Waals surface area contributed by atoms with Crippen molar-refractivity contribution >= 4 is 5.97 Å². The van der Waals surface area contributed by atoms with Gasteiger partial charge in [-0.05, 0) is 6.07 Å². The second-order valence-corrected chi connectivity index (χ2v) is 4.80. The fourth-order valence-electron chi connectivity index (χ4n) is 2.22. The third-order valence-corrected chi connectivity index (χ3v) is 3.31. The van der Waals surface area contributed by atoms with Crippen LogP contribution in [0.1, 0.15) is 5.56 Å². The Morgan fingerprint density at radius 2 is 1.55 bits per heavy atom. The lowest BCUT2D eigenvalue weighted by Gasteiger charge is -2.33. The normalized spacial score (nSPS) is 17.4. The van der Waals surface area contributed by atoms with Gasteiger partial charge in [0.25, 0.3) is 0 Å². The molecule has 0 bridgehead atoms. The van der Waals surface area contributed by atoms with Gasteiger partial charge >= 0.3 is 5.97 Å². The highest BCUT2D eigenvalue weighted by Crippen LogP contribution is 2.16. The molecule has 4 nitrogen and oxygen atoms in total. The van der Waals surface area contributed by atoms with E-state index in [2.05, 4.69) is 0 Å². The highest BCUT2D eigenvalue weighted by Gasteiger charge is 2.20. The van der Waals surface area contributed by atoms with Gasteiger partial charge < -0.3 is 5.11 Å². The van der Waals surface area contributed by atoms with Gasteiger partial charge in [0.1, 0.15) is 5.82 Å². The summed E-state index contributed by atoms with van der Waals surface area (Å²) in [5, 5.41) is 8.68. The van der Waals surface area contributed by atoms with Crippen LogP contribution in [-0.2, 0) is 11.3 Å². The van der Waals surface area contributed by atoms with Crippen molar-refractivity contribution in [2.75, 3.05) is 32.7 Å². The number of carboxylic acids is 1. The fraction of sp³-hybridized carbons (Fsp3) is 0.462. The molecule has 1 aliphatic rings. The predicted octanol–water partition coefficient (Wildman–Crippen LogP) is 1.31. The van der Waals surface area contributed by atoms with Crippen LogP contribution in [-0.4, -0.2) is 53.6 Å². The maximum atomic E-state index is 13.5. The van der Waals surface area contributed by atoms with Crippen molar-refractivity contribution in [3.8, 4) is 0 Å². The Bertz CT molecular complexity index is 503. The molecular weight excluding hydrogens is 273 g/mol. The number of carboxylic acid groups (broad SMARTS) is 1. The van der Waals surface area contributed by atoms with E-state index in [4.69, 9.17) is 5.11 Å². The zero-order chi connectivity index (χ0) is 14.7. The molecular formula is C13H15F3N2O2. The molecule has 0 saturated carbocycles. The van der Waals surface area contributed by atoms with E-state index in [9.17, 15) is 18.0 Å². The van der Waals surface area contributed by atoms with Crippen molar-refractivity contribution < 1.29 is 23.1 Å². The van der Waals surface area contributed by atoms with Gasteiger partial charge in [-0.3, -0.25) is 14.6 Å². The Morgan fingerprint density at radius 3 is 2.15 bits per heavy atom. The van der Waals surface area contributed by atoms with Crippen molar-refractivity contribution in [2.24, 2.45) is 0 Å². The molecule has 1 saturated heterocycles. The summed E-state index contributed by atoms with van der Waals surface area (Å²) < 4.78 is 39.4. The van der Waals surface area contributed by atoms with Crippen LogP contribution in [0.5, 0.6) is 0 Å². The van der Waals surface area contributed by atoms with E-state index in [0.29, 0.717) is 32.2 Å². The van der Waals surface area contributed by atoms with E-state index in [1.54, 1.807) is 4.90 Å². The summed E-state index contributed by atoms with van der Waals surface area (Å²) in [5.74, 6) is -3.91. The average molecular weight is 288 g/mol. The quantitative estimate of drug-likeness (QED) is 0.848. The minimum Gasteiger partial charge on any atom is -0.480 e. The number of benzene rings is 1. The van der Waals surface area contributed by atoms with Crippen LogP contribution in [0, 0.1) is 17.5 Å². The molecule has 0 spiro atoms. The van der Waals surface area contributed by atoms with E-state index < -0.39 is 23.4 Å². The van der Waals surface area contributed by atoms with Gasteiger partial charge in [-0.15, -0.1) is 0 Å². The van der Waals surface area contributed by atoms with Crippen molar-refractivity contribution in [1.29, 1.82) is 0 Å². The van der Waals surface area contributed by atoms with E-state index in [1.165, 1.54) is 0 Å². The molecule has 1 aromatic rings. The monoisotopic (exact) mass is 288 g/mol. The Kier molecular flexibility index (Phi) is 4.61. The molecule has 2 rings (SSSR count). The van der Waals surface area contributed by atoms with Crippen molar-refractivity contribution in [2.45, 2.75) is 6.54 Å². The smallest absolute Gasteiger partial charge is 0.317 e. The van der Waals surface area contributed by atoms with E-state index in [1.807, 2.05) is 4.90 Å². The lowest BCUT2D eigenvalue weighted by Crippen LogP contribution is -2.47. The Morgan fingerprint density at radius 1 is 1.00 bits per heavy atom. The van der Waals surface area contributed by atoms with Crippen LogP contribution in [0.2, 0.25) is 0 Å². The summed E-state index contributed by atoms with van der Waals surface area (Å²) in [4.78, 5) is 14.2. The Labute approximate surface area is 114 Å². The van der Waals surface area contributed by atoms with Gasteiger partial charge in [0.15, 0.2) is 11.6 Å². The van der Waals surface area contributed by atoms with Crippen LogP contribution in [0.3, 0.4) is 0 Å². The second kappa shape index (κ2) is 6.23. The molecule has 1 fully saturated rings. The van der Waals surface area contributed by atoms with Gasteiger partial charge in [0, 0.05) is 44.4 Å². The number of hydrogen-bond donors (Lipinski definition) is 1. The predicted molar refractivity (Wildman–Crippen MR) is 65.7 cm³/mol. The first-order chi connectivity index (χ1) is 9.45. The Balaban J connectivity index is 1.93. The molecule has 0 amide bonds. The van der Waals surface area contributed by atoms with E-state index in [0.717, 1.165) is 6.07 Å². The van der Waals surface area contributed by atoms with E-state index in [-0.39, 0.29) is 18.7 Å². The summed E-state index contributed by atoms with van der Waals surface area (Å²) in [6.45, 7) is 2.39. The number of hydrogen-bond acceptors (Lipinski definition) is 3. The summed E-state index contributed by atoms with van der Waals surface area (Å²) in [6, 6.07) is 1.42. The number of halogens is 3. The van der Waals surface area contributed by atoms with Crippen LogP contribution in [0.15, 0.2) is 12.1 Å². The molecule has 7 heteroatoms. The molecule has 0 atom stereocenters. The molecule has 20 heavy (non-hydrogen) atoms. The van der Waals surface area contributed by atoms with Crippen LogP contribution in [0.25, 0.3) is 0 Å². The highest BCUT2D eigenvalue weighted by atomic mass is 19.2. The third-order valence-electron chi connectivity index (χ3n) is 3.31. The van der Waals surface area contributed by atoms with Gasteiger partial charge in [0.05, 0.1) is 6.54 Å². The van der Waals surface area contributed by atoms with Gasteiger partial charge in [-0.25, -0.2) is 13.2 Å². The maximum absolute atomic E-state index is 13.5. The topological polar surface area (TPSA) is 43.8 Å². The first-order valence-corrected chi connectivity index (χ1v) is 6.25. The molecule has 110 valence electrons. The van der Waals surface area contributed by atoms with Gasteiger partial charge in [-0.1, -0.05) is 0 Å². The largest absolute Gasteiger partial charge is 0.480 e. The van der Waals surface area contributed by atoms with Gasteiger partial charge in [-0.2, -0.15) is 0 Å². The first-order valence-electron chi connectivity index (χ1n) is 6.25. The molecule has 0 unspecified atom stereocenters. The minimum atomic E-state index is -1.20. The van der Waals surface area contributed by atoms with Crippen molar-refractivity contribution in [3.05, 3.63) is 35.1 Å². The lowest BCUT2D eigenvalue weighted by atomic mass is 10.1. The van der Waals surface area contributed by atoms with Crippen LogP contribution < -0.4 is 0 Å². The number of rotatable bonds is 4. The minimum absolute atomic E-state index is 0.0205. The van der Waals surface area contributed by atoms with E-state index >= 15 is 0 Å². The van der Waals surface area contributed by atoms with Gasteiger partial charge in [0.2, 0.25) is 0 Å². The second-order valence-electron chi connectivity index (χ2n) is 4.80. The summed E-state index contributed by atoms with van der Waals surface area (Å²) in [7, 11) is 0. The zero-order valence-electron chi connectivity index (χ0n) is 10.8. The van der Waals surface area contributed by atoms with Crippen LogP contribution in [0.4, 0.5) is 13.2 Å². The summed E-state index contributed by atoms with van der Waals surface area (Å²) in [6.07, 6.45) is 0. The SMILES string of the molecule is O=C(O)CN1CCN(Cc2cc(F)c(F)cc2F)CC1. The van der Waals surface area contributed by atoms with Crippen molar-refractivity contribution in [1.82, 2.24) is 9.80 Å².